The molecule has 0 aliphatic heterocycles. The Kier molecular flexibility index (Phi) is 6.65. The lowest BCUT2D eigenvalue weighted by atomic mass is 9.98. The molecule has 3 aromatic carbocycles. The maximum absolute atomic E-state index is 12.9. The fraction of sp³-hybridized carbons (Fsp3) is 0.208. The lowest BCUT2D eigenvalue weighted by Gasteiger charge is -2.17. The molecule has 0 heterocycles. The number of amides is 1. The molecule has 0 atom stereocenters. The fourth-order valence-corrected chi connectivity index (χ4v) is 4.27. The summed E-state index contributed by atoms with van der Waals surface area (Å²) in [7, 11) is -2.29. The van der Waals surface area contributed by atoms with Gasteiger partial charge in [-0.2, -0.15) is 0 Å². The zero-order chi connectivity index (χ0) is 22.6. The Balaban J connectivity index is 1.82. The minimum atomic E-state index is -3.80. The second-order valence-electron chi connectivity index (χ2n) is 7.51. The van der Waals surface area contributed by atoms with Gasteiger partial charge in [-0.1, -0.05) is 38.1 Å². The van der Waals surface area contributed by atoms with Gasteiger partial charge >= 0.3 is 0 Å². The van der Waals surface area contributed by atoms with Crippen molar-refractivity contribution in [1.82, 2.24) is 0 Å². The average molecular weight is 439 g/mol. The van der Waals surface area contributed by atoms with E-state index in [-0.39, 0.29) is 16.7 Å². The Bertz CT molecular complexity index is 1190. The molecule has 0 saturated carbocycles. The molecule has 1 amide bonds. The Labute approximate surface area is 183 Å². The minimum absolute atomic E-state index is 0.102. The molecule has 0 unspecified atom stereocenters. The van der Waals surface area contributed by atoms with Crippen molar-refractivity contribution in [3.8, 4) is 5.75 Å². The van der Waals surface area contributed by atoms with E-state index in [9.17, 15) is 13.2 Å². The summed E-state index contributed by atoms with van der Waals surface area (Å²) >= 11 is 0. The van der Waals surface area contributed by atoms with Crippen LogP contribution in [0.5, 0.6) is 5.75 Å². The van der Waals surface area contributed by atoms with E-state index in [1.165, 1.54) is 25.3 Å². The monoisotopic (exact) mass is 438 g/mol. The highest BCUT2D eigenvalue weighted by Gasteiger charge is 2.17. The van der Waals surface area contributed by atoms with Gasteiger partial charge in [-0.15, -0.1) is 0 Å². The molecule has 7 heteroatoms. The Morgan fingerprint density at radius 1 is 0.968 bits per heavy atom. The quantitative estimate of drug-likeness (QED) is 0.532. The van der Waals surface area contributed by atoms with Crippen molar-refractivity contribution in [3.05, 3.63) is 83.4 Å². The molecule has 0 saturated heterocycles. The van der Waals surface area contributed by atoms with Crippen LogP contribution in [-0.2, 0) is 10.0 Å². The van der Waals surface area contributed by atoms with Crippen LogP contribution in [0.25, 0.3) is 0 Å². The van der Waals surface area contributed by atoms with Crippen LogP contribution in [0.2, 0.25) is 0 Å². The highest BCUT2D eigenvalue weighted by atomic mass is 32.2. The van der Waals surface area contributed by atoms with Gasteiger partial charge in [0.2, 0.25) is 0 Å². The van der Waals surface area contributed by atoms with E-state index < -0.39 is 10.0 Å². The van der Waals surface area contributed by atoms with Crippen LogP contribution in [0.3, 0.4) is 0 Å². The second kappa shape index (κ2) is 9.22. The first-order valence-electron chi connectivity index (χ1n) is 9.89. The van der Waals surface area contributed by atoms with Gasteiger partial charge in [0.1, 0.15) is 5.75 Å². The van der Waals surface area contributed by atoms with Crippen molar-refractivity contribution >= 4 is 27.3 Å². The molecule has 3 rings (SSSR count). The standard InChI is InChI=1S/C24H26N2O4S/c1-16(2)22-10-5-7-17(3)23(22)25-24(27)18-8-6-9-19(15-18)26-31(28,29)21-13-11-20(30-4)12-14-21/h5-16,26H,1-4H3,(H,25,27). The molecule has 0 fully saturated rings. The number of sulfonamides is 1. The van der Waals surface area contributed by atoms with E-state index in [1.807, 2.05) is 25.1 Å². The van der Waals surface area contributed by atoms with Crippen molar-refractivity contribution in [3.63, 3.8) is 0 Å². The molecule has 0 spiro atoms. The molecular formula is C24H26N2O4S. The van der Waals surface area contributed by atoms with Crippen LogP contribution in [0.1, 0.15) is 41.3 Å². The average Bonchev–Trinajstić information content (AvgIpc) is 2.74. The van der Waals surface area contributed by atoms with Crippen LogP contribution in [-0.4, -0.2) is 21.4 Å². The number of benzene rings is 3. The van der Waals surface area contributed by atoms with Crippen molar-refractivity contribution in [2.24, 2.45) is 0 Å². The summed E-state index contributed by atoms with van der Waals surface area (Å²) in [6, 6.07) is 18.4. The predicted octanol–water partition coefficient (Wildman–Crippen LogP) is 5.18. The van der Waals surface area contributed by atoms with Crippen LogP contribution >= 0.6 is 0 Å². The van der Waals surface area contributed by atoms with E-state index in [0.29, 0.717) is 17.0 Å². The molecule has 0 radical (unpaired) electrons. The molecule has 162 valence electrons. The number of methoxy groups -OCH3 is 1. The summed E-state index contributed by atoms with van der Waals surface area (Å²) in [5, 5.41) is 2.98. The van der Waals surface area contributed by atoms with Gasteiger partial charge in [0.15, 0.2) is 0 Å². The van der Waals surface area contributed by atoms with E-state index in [2.05, 4.69) is 23.9 Å². The smallest absolute Gasteiger partial charge is 0.261 e. The number of carbonyl (C=O) groups excluding carboxylic acids is 1. The number of hydrogen-bond acceptors (Lipinski definition) is 4. The molecule has 6 nitrogen and oxygen atoms in total. The summed E-state index contributed by atoms with van der Waals surface area (Å²) in [5.41, 5.74) is 3.46. The molecule has 0 bridgehead atoms. The van der Waals surface area contributed by atoms with Crippen molar-refractivity contribution in [1.29, 1.82) is 0 Å². The molecule has 31 heavy (non-hydrogen) atoms. The summed E-state index contributed by atoms with van der Waals surface area (Å²) < 4.78 is 33.0. The summed E-state index contributed by atoms with van der Waals surface area (Å²) in [6.07, 6.45) is 0. The maximum Gasteiger partial charge on any atom is 0.261 e. The number of anilines is 2. The van der Waals surface area contributed by atoms with Crippen LogP contribution in [0, 0.1) is 6.92 Å². The third-order valence-corrected chi connectivity index (χ3v) is 6.31. The van der Waals surface area contributed by atoms with Gasteiger partial charge in [-0.25, -0.2) is 8.42 Å². The summed E-state index contributed by atoms with van der Waals surface area (Å²) in [6.45, 7) is 6.08. The van der Waals surface area contributed by atoms with Gasteiger partial charge in [0.05, 0.1) is 12.0 Å². The van der Waals surface area contributed by atoms with E-state index >= 15 is 0 Å². The maximum atomic E-state index is 12.9. The topological polar surface area (TPSA) is 84.5 Å². The first-order chi connectivity index (χ1) is 14.7. The van der Waals surface area contributed by atoms with Crippen LogP contribution in [0.15, 0.2) is 71.6 Å². The number of ether oxygens (including phenoxy) is 1. The fourth-order valence-electron chi connectivity index (χ4n) is 3.22. The van der Waals surface area contributed by atoms with E-state index in [0.717, 1.165) is 16.8 Å². The zero-order valence-corrected chi connectivity index (χ0v) is 18.8. The SMILES string of the molecule is COc1ccc(S(=O)(=O)Nc2cccc(C(=O)Nc3c(C)cccc3C(C)C)c2)cc1. The van der Waals surface area contributed by atoms with Gasteiger partial charge in [-0.3, -0.25) is 9.52 Å². The highest BCUT2D eigenvalue weighted by Crippen LogP contribution is 2.28. The van der Waals surface area contributed by atoms with Gasteiger partial charge in [0, 0.05) is 16.9 Å². The van der Waals surface area contributed by atoms with Crippen LogP contribution in [0.4, 0.5) is 11.4 Å². The Hall–Kier alpha value is -3.32. The molecule has 0 aliphatic carbocycles. The highest BCUT2D eigenvalue weighted by molar-refractivity contribution is 7.92. The number of para-hydroxylation sites is 1. The molecule has 0 aliphatic rings. The van der Waals surface area contributed by atoms with Crippen molar-refractivity contribution in [2.75, 3.05) is 17.1 Å². The number of nitrogens with one attached hydrogen (secondary N) is 2. The number of rotatable bonds is 7. The van der Waals surface area contributed by atoms with E-state index in [1.54, 1.807) is 30.3 Å². The summed E-state index contributed by atoms with van der Waals surface area (Å²) in [5.74, 6) is 0.508. The van der Waals surface area contributed by atoms with Gasteiger partial charge < -0.3 is 10.1 Å². The number of hydrogen-bond donors (Lipinski definition) is 2. The molecule has 3 aromatic rings. The van der Waals surface area contributed by atoms with E-state index in [4.69, 9.17) is 4.74 Å². The van der Waals surface area contributed by atoms with Crippen molar-refractivity contribution < 1.29 is 17.9 Å². The number of aryl methyl sites for hydroxylation is 1. The number of carbonyl (C=O) groups is 1. The largest absolute Gasteiger partial charge is 0.497 e. The van der Waals surface area contributed by atoms with Crippen LogP contribution < -0.4 is 14.8 Å². The summed E-state index contributed by atoms with van der Waals surface area (Å²) in [4.78, 5) is 13.0. The second-order valence-corrected chi connectivity index (χ2v) is 9.19. The lowest BCUT2D eigenvalue weighted by molar-refractivity contribution is 0.102. The zero-order valence-electron chi connectivity index (χ0n) is 18.0. The molecular weight excluding hydrogens is 412 g/mol. The Morgan fingerprint density at radius 3 is 2.29 bits per heavy atom. The molecule has 0 aromatic heterocycles. The van der Waals surface area contributed by atoms with Crippen molar-refractivity contribution in [2.45, 2.75) is 31.6 Å². The predicted molar refractivity (Wildman–Crippen MR) is 123 cm³/mol. The normalized spacial score (nSPS) is 11.3. The Morgan fingerprint density at radius 2 is 1.65 bits per heavy atom. The third-order valence-electron chi connectivity index (χ3n) is 4.91. The lowest BCUT2D eigenvalue weighted by Crippen LogP contribution is -2.16. The first kappa shape index (κ1) is 22.4. The third kappa shape index (κ3) is 5.24. The molecule has 2 N–H and O–H groups in total. The first-order valence-corrected chi connectivity index (χ1v) is 11.4. The van der Waals surface area contributed by atoms with Gasteiger partial charge in [-0.05, 0) is 66.4 Å². The van der Waals surface area contributed by atoms with Gasteiger partial charge in [0.25, 0.3) is 15.9 Å². The minimum Gasteiger partial charge on any atom is -0.497 e.